The molecule has 0 aliphatic rings. The van der Waals surface area contributed by atoms with Crippen molar-refractivity contribution in [3.05, 3.63) is 113 Å². The van der Waals surface area contributed by atoms with Crippen molar-refractivity contribution in [1.82, 2.24) is 15.3 Å². The Morgan fingerprint density at radius 1 is 0.971 bits per heavy atom. The maximum Gasteiger partial charge on any atom is 0.255 e. The highest BCUT2D eigenvalue weighted by molar-refractivity contribution is 5.99. The molecule has 2 aromatic carbocycles. The van der Waals surface area contributed by atoms with Gasteiger partial charge in [-0.1, -0.05) is 18.2 Å². The molecular formula is C27H21F2N5O. The normalized spacial score (nSPS) is 10.4. The predicted octanol–water partition coefficient (Wildman–Crippen LogP) is 4.88. The van der Waals surface area contributed by atoms with E-state index in [1.54, 1.807) is 36.7 Å². The molecule has 0 saturated heterocycles. The molecule has 6 nitrogen and oxygen atoms in total. The van der Waals surface area contributed by atoms with E-state index in [2.05, 4.69) is 20.6 Å². The van der Waals surface area contributed by atoms with E-state index >= 15 is 0 Å². The summed E-state index contributed by atoms with van der Waals surface area (Å²) in [6.45, 7) is 0.672. The third-order valence-electron chi connectivity index (χ3n) is 5.29. The fourth-order valence-corrected chi connectivity index (χ4v) is 3.56. The first-order chi connectivity index (χ1) is 17.0. The second kappa shape index (κ2) is 11.0. The third kappa shape index (κ3) is 6.03. The van der Waals surface area contributed by atoms with Gasteiger partial charge in [0.05, 0.1) is 22.9 Å². The number of nitrogens with zero attached hydrogens (tertiary/aromatic N) is 3. The summed E-state index contributed by atoms with van der Waals surface area (Å²) >= 11 is 0. The molecule has 1 amide bonds. The zero-order valence-electron chi connectivity index (χ0n) is 18.6. The lowest BCUT2D eigenvalue weighted by atomic mass is 10.0. The number of anilines is 1. The Hall–Kier alpha value is -4.64. The molecular weight excluding hydrogens is 448 g/mol. The summed E-state index contributed by atoms with van der Waals surface area (Å²) in [5, 5.41) is 15.4. The topological polar surface area (TPSA) is 90.7 Å². The molecule has 2 aromatic heterocycles. The number of nitriles is 1. The second-order valence-electron chi connectivity index (χ2n) is 7.75. The van der Waals surface area contributed by atoms with Gasteiger partial charge < -0.3 is 10.6 Å². The highest BCUT2D eigenvalue weighted by Crippen LogP contribution is 2.26. The van der Waals surface area contributed by atoms with Crippen molar-refractivity contribution in [3.8, 4) is 17.3 Å². The third-order valence-corrected chi connectivity index (χ3v) is 5.29. The van der Waals surface area contributed by atoms with E-state index in [1.165, 1.54) is 24.3 Å². The van der Waals surface area contributed by atoms with Crippen LogP contribution in [0.5, 0.6) is 0 Å². The van der Waals surface area contributed by atoms with Gasteiger partial charge in [0.1, 0.15) is 17.5 Å². The maximum atomic E-state index is 13.6. The van der Waals surface area contributed by atoms with Crippen molar-refractivity contribution >= 4 is 11.7 Å². The predicted molar refractivity (Wildman–Crippen MR) is 128 cm³/mol. The van der Waals surface area contributed by atoms with Crippen LogP contribution in [0.4, 0.5) is 14.6 Å². The Bertz CT molecular complexity index is 1390. The van der Waals surface area contributed by atoms with Gasteiger partial charge in [0.15, 0.2) is 0 Å². The van der Waals surface area contributed by atoms with Crippen LogP contribution < -0.4 is 10.6 Å². The van der Waals surface area contributed by atoms with Crippen molar-refractivity contribution in [2.45, 2.75) is 13.0 Å². The average Bonchev–Trinajstić information content (AvgIpc) is 2.88. The lowest BCUT2D eigenvalue weighted by Crippen LogP contribution is -2.25. The van der Waals surface area contributed by atoms with E-state index in [1.807, 2.05) is 18.2 Å². The molecule has 0 aliphatic heterocycles. The number of halogens is 2. The van der Waals surface area contributed by atoms with Crippen LogP contribution in [-0.2, 0) is 13.0 Å². The van der Waals surface area contributed by atoms with E-state index in [0.717, 1.165) is 17.2 Å². The number of pyridine rings is 2. The molecule has 0 unspecified atom stereocenters. The first-order valence-corrected chi connectivity index (χ1v) is 10.9. The number of nitrogens with one attached hydrogen (secondary N) is 2. The van der Waals surface area contributed by atoms with Crippen molar-refractivity contribution in [1.29, 1.82) is 5.26 Å². The number of amides is 1. The van der Waals surface area contributed by atoms with Gasteiger partial charge in [-0.25, -0.2) is 13.8 Å². The summed E-state index contributed by atoms with van der Waals surface area (Å²) in [6.07, 6.45) is 3.82. The minimum absolute atomic E-state index is 0.136. The van der Waals surface area contributed by atoms with Crippen LogP contribution in [-0.4, -0.2) is 22.4 Å². The molecule has 0 aliphatic carbocycles. The number of hydrogen-bond donors (Lipinski definition) is 2. The molecule has 0 spiro atoms. The summed E-state index contributed by atoms with van der Waals surface area (Å²) in [5.74, 6) is -0.889. The van der Waals surface area contributed by atoms with Gasteiger partial charge in [0.25, 0.3) is 5.91 Å². The van der Waals surface area contributed by atoms with Crippen molar-refractivity contribution in [3.63, 3.8) is 0 Å². The van der Waals surface area contributed by atoms with E-state index in [-0.39, 0.29) is 23.8 Å². The van der Waals surface area contributed by atoms with Crippen molar-refractivity contribution in [2.75, 3.05) is 11.9 Å². The van der Waals surface area contributed by atoms with Crippen LogP contribution in [0.25, 0.3) is 11.3 Å². The van der Waals surface area contributed by atoms with E-state index in [0.29, 0.717) is 35.6 Å². The Kier molecular flexibility index (Phi) is 7.38. The molecule has 2 N–H and O–H groups in total. The van der Waals surface area contributed by atoms with Gasteiger partial charge in [-0.2, -0.15) is 5.26 Å². The van der Waals surface area contributed by atoms with Gasteiger partial charge in [0, 0.05) is 31.0 Å². The van der Waals surface area contributed by atoms with E-state index < -0.39 is 5.82 Å². The molecule has 174 valence electrons. The minimum atomic E-state index is -0.523. The zero-order valence-corrected chi connectivity index (χ0v) is 18.6. The molecule has 0 radical (unpaired) electrons. The minimum Gasteiger partial charge on any atom is -0.369 e. The van der Waals surface area contributed by atoms with Crippen LogP contribution >= 0.6 is 0 Å². The number of benzene rings is 2. The number of rotatable bonds is 8. The molecule has 8 heteroatoms. The number of carbonyl (C=O) groups is 1. The highest BCUT2D eigenvalue weighted by atomic mass is 19.1. The first-order valence-electron chi connectivity index (χ1n) is 10.9. The number of hydrogen-bond acceptors (Lipinski definition) is 5. The molecule has 2 heterocycles. The van der Waals surface area contributed by atoms with Crippen LogP contribution in [0, 0.1) is 23.0 Å². The zero-order chi connectivity index (χ0) is 24.6. The Labute approximate surface area is 201 Å². The van der Waals surface area contributed by atoms with Crippen molar-refractivity contribution in [2.24, 2.45) is 0 Å². The Balaban J connectivity index is 1.60. The number of aromatic nitrogens is 2. The van der Waals surface area contributed by atoms with Crippen molar-refractivity contribution < 1.29 is 13.6 Å². The standard InChI is InChI=1S/C27H21F2N5O/c28-21-5-1-3-18(13-21)10-12-32-26-24(27(35)33-17-19-4-2-11-31-16-19)8-9-25(34-26)23-7-6-22(29)14-20(23)15-30/h1-9,11,13-14,16H,10,12,17H2,(H,32,34)(H,33,35). The van der Waals surface area contributed by atoms with E-state index in [9.17, 15) is 18.8 Å². The molecule has 0 saturated carbocycles. The fourth-order valence-electron chi connectivity index (χ4n) is 3.56. The average molecular weight is 469 g/mol. The van der Waals surface area contributed by atoms with Crippen LogP contribution in [0.1, 0.15) is 27.0 Å². The van der Waals surface area contributed by atoms with Gasteiger partial charge in [-0.3, -0.25) is 9.78 Å². The summed E-state index contributed by atoms with van der Waals surface area (Å²) in [7, 11) is 0. The maximum absolute atomic E-state index is 13.6. The summed E-state index contributed by atoms with van der Waals surface area (Å²) in [6, 6.07) is 19.0. The first kappa shape index (κ1) is 23.5. The molecule has 4 rings (SSSR count). The van der Waals surface area contributed by atoms with Gasteiger partial charge >= 0.3 is 0 Å². The van der Waals surface area contributed by atoms with Crippen LogP contribution in [0.2, 0.25) is 0 Å². The number of carbonyl (C=O) groups excluding carboxylic acids is 1. The van der Waals surface area contributed by atoms with Gasteiger partial charge in [-0.05, 0) is 66.1 Å². The SMILES string of the molecule is N#Cc1cc(F)ccc1-c1ccc(C(=O)NCc2cccnc2)c(NCCc2cccc(F)c2)n1. The fraction of sp³-hybridized carbons (Fsp3) is 0.111. The Morgan fingerprint density at radius 3 is 2.57 bits per heavy atom. The largest absolute Gasteiger partial charge is 0.369 e. The van der Waals surface area contributed by atoms with Crippen LogP contribution in [0.15, 0.2) is 79.1 Å². The Morgan fingerprint density at radius 2 is 1.80 bits per heavy atom. The summed E-state index contributed by atoms with van der Waals surface area (Å²) in [4.78, 5) is 21.6. The summed E-state index contributed by atoms with van der Waals surface area (Å²) in [5.41, 5.74) is 2.94. The lowest BCUT2D eigenvalue weighted by Gasteiger charge is -2.14. The molecule has 4 aromatic rings. The van der Waals surface area contributed by atoms with Crippen LogP contribution in [0.3, 0.4) is 0 Å². The quantitative estimate of drug-likeness (QED) is 0.384. The smallest absolute Gasteiger partial charge is 0.255 e. The second-order valence-corrected chi connectivity index (χ2v) is 7.75. The molecule has 0 bridgehead atoms. The van der Waals surface area contributed by atoms with E-state index in [4.69, 9.17) is 0 Å². The monoisotopic (exact) mass is 469 g/mol. The molecule has 0 atom stereocenters. The molecule has 0 fully saturated rings. The summed E-state index contributed by atoms with van der Waals surface area (Å²) < 4.78 is 27.1. The highest BCUT2D eigenvalue weighted by Gasteiger charge is 2.16. The molecule has 35 heavy (non-hydrogen) atoms. The lowest BCUT2D eigenvalue weighted by molar-refractivity contribution is 0.0951. The van der Waals surface area contributed by atoms with Gasteiger partial charge in [0.2, 0.25) is 0 Å². The van der Waals surface area contributed by atoms with Gasteiger partial charge in [-0.15, -0.1) is 0 Å².